The van der Waals surface area contributed by atoms with Crippen molar-refractivity contribution in [2.75, 3.05) is 21.3 Å². The summed E-state index contributed by atoms with van der Waals surface area (Å²) in [6.07, 6.45) is 1.38. The molecule has 3 rings (SSSR count). The fourth-order valence-corrected chi connectivity index (χ4v) is 4.01. The van der Waals surface area contributed by atoms with Crippen LogP contribution in [0.15, 0.2) is 70.7 Å². The van der Waals surface area contributed by atoms with Crippen LogP contribution in [-0.4, -0.2) is 36.0 Å². The highest BCUT2D eigenvalue weighted by molar-refractivity contribution is 7.89. The van der Waals surface area contributed by atoms with Gasteiger partial charge in [-0.2, -0.15) is 18.4 Å². The summed E-state index contributed by atoms with van der Waals surface area (Å²) in [5.41, 5.74) is 2.79. The smallest absolute Gasteiger partial charge is 0.280 e. The molecule has 0 atom stereocenters. The molecule has 0 aliphatic heterocycles. The molecule has 0 unspecified atom stereocenters. The predicted molar refractivity (Wildman–Crippen MR) is 126 cm³/mol. The molecule has 3 aromatic carbocycles. The number of benzene rings is 3. The second kappa shape index (κ2) is 10.7. The Labute approximate surface area is 193 Å². The molecule has 0 spiro atoms. The van der Waals surface area contributed by atoms with Crippen molar-refractivity contribution in [2.24, 2.45) is 5.10 Å². The highest BCUT2D eigenvalue weighted by Gasteiger charge is 2.19. The Morgan fingerprint density at radius 1 is 0.879 bits per heavy atom. The van der Waals surface area contributed by atoms with Crippen LogP contribution < -0.4 is 23.8 Å². The van der Waals surface area contributed by atoms with Gasteiger partial charge >= 0.3 is 0 Å². The van der Waals surface area contributed by atoms with Crippen molar-refractivity contribution in [3.63, 3.8) is 0 Å². The van der Waals surface area contributed by atoms with Gasteiger partial charge in [0.05, 0.1) is 27.5 Å². The third-order valence-corrected chi connectivity index (χ3v) is 5.97. The molecule has 3 aromatic rings. The molecular formula is C24H26N2O6S. The Morgan fingerprint density at radius 3 is 2.36 bits per heavy atom. The van der Waals surface area contributed by atoms with Crippen molar-refractivity contribution in [3.05, 3.63) is 77.4 Å². The molecule has 0 radical (unpaired) electrons. The second-order valence-electron chi connectivity index (χ2n) is 7.06. The number of aryl methyl sites for hydroxylation is 1. The molecule has 1 N–H and O–H groups in total. The Bertz CT molecular complexity index is 1240. The summed E-state index contributed by atoms with van der Waals surface area (Å²) in [4.78, 5) is 2.14. The molecule has 9 heteroatoms. The molecule has 0 bridgehead atoms. The average molecular weight is 471 g/mol. The van der Waals surface area contributed by atoms with E-state index in [0.29, 0.717) is 29.4 Å². The van der Waals surface area contributed by atoms with Crippen molar-refractivity contribution >= 4 is 16.2 Å². The van der Waals surface area contributed by atoms with Crippen molar-refractivity contribution in [2.45, 2.75) is 18.4 Å². The minimum Gasteiger partial charge on any atom is -0.497 e. The zero-order valence-corrected chi connectivity index (χ0v) is 19.7. The summed E-state index contributed by atoms with van der Waals surface area (Å²) < 4.78 is 46.9. The minimum absolute atomic E-state index is 0.0557. The van der Waals surface area contributed by atoms with Gasteiger partial charge in [0.15, 0.2) is 11.5 Å². The first-order chi connectivity index (χ1) is 15.9. The number of rotatable bonds is 10. The molecule has 0 aliphatic rings. The van der Waals surface area contributed by atoms with Crippen LogP contribution in [-0.2, 0) is 16.6 Å². The lowest BCUT2D eigenvalue weighted by atomic mass is 10.1. The lowest BCUT2D eigenvalue weighted by Crippen LogP contribution is -2.19. The highest BCUT2D eigenvalue weighted by atomic mass is 32.2. The fraction of sp³-hybridized carbons (Fsp3) is 0.208. The molecule has 174 valence electrons. The van der Waals surface area contributed by atoms with Crippen LogP contribution in [0.4, 0.5) is 0 Å². The summed E-state index contributed by atoms with van der Waals surface area (Å²) in [5.74, 6) is 1.70. The Morgan fingerprint density at radius 2 is 1.67 bits per heavy atom. The van der Waals surface area contributed by atoms with Gasteiger partial charge < -0.3 is 18.9 Å². The third-order valence-electron chi connectivity index (χ3n) is 4.71. The van der Waals surface area contributed by atoms with Gasteiger partial charge in [0, 0.05) is 6.07 Å². The number of hydrogen-bond donors (Lipinski definition) is 1. The van der Waals surface area contributed by atoms with Gasteiger partial charge in [-0.05, 0) is 48.4 Å². The standard InChI is InChI=1S/C24H26N2O6S/c1-17-6-5-7-19(12-17)16-32-22-13-18(8-10-21(22)30-3)15-25-26-33(27,28)24-11-9-20(29-2)14-23(24)31-4/h5-15,26H,16H2,1-4H3/b25-15-. The molecule has 33 heavy (non-hydrogen) atoms. The number of methoxy groups -OCH3 is 3. The number of nitrogens with one attached hydrogen (secondary N) is 1. The minimum atomic E-state index is -3.96. The first kappa shape index (κ1) is 23.9. The Kier molecular flexibility index (Phi) is 7.78. The lowest BCUT2D eigenvalue weighted by Gasteiger charge is -2.12. The number of sulfonamides is 1. The summed E-state index contributed by atoms with van der Waals surface area (Å²) >= 11 is 0. The maximum absolute atomic E-state index is 12.7. The summed E-state index contributed by atoms with van der Waals surface area (Å²) in [7, 11) is 0.466. The van der Waals surface area contributed by atoms with Gasteiger partial charge in [-0.25, -0.2) is 0 Å². The summed E-state index contributed by atoms with van der Waals surface area (Å²) in [6, 6.07) is 17.6. The van der Waals surface area contributed by atoms with Gasteiger partial charge in [-0.15, -0.1) is 0 Å². The topological polar surface area (TPSA) is 95.5 Å². The number of hydrazone groups is 1. The average Bonchev–Trinajstić information content (AvgIpc) is 2.82. The van der Waals surface area contributed by atoms with E-state index in [-0.39, 0.29) is 10.6 Å². The van der Waals surface area contributed by atoms with Gasteiger partial charge in [0.25, 0.3) is 10.0 Å². The van der Waals surface area contributed by atoms with E-state index in [1.165, 1.54) is 38.6 Å². The zero-order chi connectivity index (χ0) is 23.8. The summed E-state index contributed by atoms with van der Waals surface area (Å²) in [6.45, 7) is 2.38. The van der Waals surface area contributed by atoms with E-state index < -0.39 is 10.0 Å². The van der Waals surface area contributed by atoms with E-state index in [0.717, 1.165) is 11.1 Å². The van der Waals surface area contributed by atoms with E-state index >= 15 is 0 Å². The molecule has 0 saturated heterocycles. The van der Waals surface area contributed by atoms with Crippen molar-refractivity contribution in [1.29, 1.82) is 0 Å². The van der Waals surface area contributed by atoms with Crippen LogP contribution in [0.2, 0.25) is 0 Å². The van der Waals surface area contributed by atoms with Crippen LogP contribution >= 0.6 is 0 Å². The second-order valence-corrected chi connectivity index (χ2v) is 8.69. The highest BCUT2D eigenvalue weighted by Crippen LogP contribution is 2.29. The number of hydrogen-bond acceptors (Lipinski definition) is 7. The monoisotopic (exact) mass is 470 g/mol. The zero-order valence-electron chi connectivity index (χ0n) is 18.9. The van der Waals surface area contributed by atoms with E-state index in [1.807, 2.05) is 31.2 Å². The largest absolute Gasteiger partial charge is 0.497 e. The van der Waals surface area contributed by atoms with E-state index in [1.54, 1.807) is 25.3 Å². The molecule has 0 amide bonds. The third kappa shape index (κ3) is 6.17. The summed E-state index contributed by atoms with van der Waals surface area (Å²) in [5, 5.41) is 3.89. The van der Waals surface area contributed by atoms with Crippen molar-refractivity contribution < 1.29 is 27.4 Å². The SMILES string of the molecule is COc1ccc(S(=O)(=O)N/N=C\c2ccc(OC)c(OCc3cccc(C)c3)c2)c(OC)c1. The van der Waals surface area contributed by atoms with Gasteiger partial charge in [-0.3, -0.25) is 0 Å². The Hall–Kier alpha value is -3.72. The number of ether oxygens (including phenoxy) is 4. The maximum Gasteiger partial charge on any atom is 0.280 e. The number of nitrogens with zero attached hydrogens (tertiary/aromatic N) is 1. The predicted octanol–water partition coefficient (Wildman–Crippen LogP) is 3.91. The molecule has 0 fully saturated rings. The first-order valence-electron chi connectivity index (χ1n) is 9.99. The fourth-order valence-electron chi connectivity index (χ4n) is 3.07. The molecular weight excluding hydrogens is 444 g/mol. The normalized spacial score (nSPS) is 11.3. The van der Waals surface area contributed by atoms with Gasteiger partial charge in [0.2, 0.25) is 0 Å². The van der Waals surface area contributed by atoms with Crippen molar-refractivity contribution in [1.82, 2.24) is 4.83 Å². The quantitative estimate of drug-likeness (QED) is 0.357. The molecule has 0 aromatic heterocycles. The van der Waals surface area contributed by atoms with Crippen molar-refractivity contribution in [3.8, 4) is 23.0 Å². The van der Waals surface area contributed by atoms with E-state index in [2.05, 4.69) is 9.93 Å². The maximum atomic E-state index is 12.7. The van der Waals surface area contributed by atoms with Crippen LogP contribution in [0.1, 0.15) is 16.7 Å². The van der Waals surface area contributed by atoms with Crippen LogP contribution in [0, 0.1) is 6.92 Å². The Balaban J connectivity index is 1.75. The lowest BCUT2D eigenvalue weighted by molar-refractivity contribution is 0.284. The van der Waals surface area contributed by atoms with Crippen LogP contribution in [0.3, 0.4) is 0 Å². The molecule has 8 nitrogen and oxygen atoms in total. The molecule has 0 aliphatic carbocycles. The van der Waals surface area contributed by atoms with E-state index in [9.17, 15) is 8.42 Å². The molecule has 0 heterocycles. The van der Waals surface area contributed by atoms with Gasteiger partial charge in [-0.1, -0.05) is 29.8 Å². The van der Waals surface area contributed by atoms with Crippen LogP contribution in [0.5, 0.6) is 23.0 Å². The first-order valence-corrected chi connectivity index (χ1v) is 11.5. The van der Waals surface area contributed by atoms with Gasteiger partial charge in [0.1, 0.15) is 23.0 Å². The van der Waals surface area contributed by atoms with Crippen LogP contribution in [0.25, 0.3) is 0 Å². The molecule has 0 saturated carbocycles. The van der Waals surface area contributed by atoms with E-state index in [4.69, 9.17) is 18.9 Å².